The van der Waals surface area contributed by atoms with E-state index in [0.29, 0.717) is 0 Å². The molecule has 0 aliphatic carbocycles. The Morgan fingerprint density at radius 2 is 1.24 bits per heavy atom. The Morgan fingerprint density at radius 1 is 0.759 bits per heavy atom. The van der Waals surface area contributed by atoms with Crippen LogP contribution in [0, 0.1) is 0 Å². The number of aliphatic carboxylic acids is 2. The summed E-state index contributed by atoms with van der Waals surface area (Å²) in [6, 6.07) is -5.70. The summed E-state index contributed by atoms with van der Waals surface area (Å²) in [6.45, 7) is 0. The van der Waals surface area contributed by atoms with Crippen molar-refractivity contribution in [2.75, 3.05) is 11.5 Å². The Balaban J connectivity index is 5.29. The summed E-state index contributed by atoms with van der Waals surface area (Å²) in [5.41, 5.74) is 10.4. The first-order valence-corrected chi connectivity index (χ1v) is 9.30. The SMILES string of the molecule is NC(=O)CC(NC(=O)C(CC(=O)O)NC(=O)C(CS)NC(=O)C(N)CS)C(=O)O. The van der Waals surface area contributed by atoms with E-state index < -0.39 is 72.6 Å². The predicted molar refractivity (Wildman–Crippen MR) is 105 cm³/mol. The van der Waals surface area contributed by atoms with Gasteiger partial charge in [-0.05, 0) is 0 Å². The minimum atomic E-state index is -1.72. The molecule has 0 aromatic rings. The second-order valence-corrected chi connectivity index (χ2v) is 6.49. The van der Waals surface area contributed by atoms with Crippen LogP contribution in [0.15, 0.2) is 0 Å². The molecule has 0 aromatic heterocycles. The molecule has 9 N–H and O–H groups in total. The largest absolute Gasteiger partial charge is 0.481 e. The smallest absolute Gasteiger partial charge is 0.326 e. The second kappa shape index (κ2) is 12.8. The molecule has 0 bridgehead atoms. The number of thiol groups is 2. The van der Waals surface area contributed by atoms with Gasteiger partial charge in [-0.1, -0.05) is 0 Å². The van der Waals surface area contributed by atoms with Crippen molar-refractivity contribution >= 4 is 60.8 Å². The monoisotopic (exact) mass is 453 g/mol. The van der Waals surface area contributed by atoms with Crippen LogP contribution in [0.1, 0.15) is 12.8 Å². The standard InChI is InChI=1S/C14H23N5O8S2/c15-5(3-28)11(23)19-8(4-29)13(25)17-6(2-10(21)22)12(24)18-7(14(26)27)1-9(16)20/h5-8,28-29H,1-4,15H2,(H2,16,20)(H,17,25)(H,18,24)(H,19,23)(H,21,22)(H,26,27). The molecule has 15 heteroatoms. The molecule has 4 unspecified atom stereocenters. The van der Waals surface area contributed by atoms with E-state index in [1.54, 1.807) is 0 Å². The Bertz CT molecular complexity index is 662. The number of carbonyl (C=O) groups excluding carboxylic acids is 4. The fourth-order valence-electron chi connectivity index (χ4n) is 1.89. The van der Waals surface area contributed by atoms with Gasteiger partial charge in [-0.2, -0.15) is 25.3 Å². The summed E-state index contributed by atoms with van der Waals surface area (Å²) >= 11 is 7.76. The number of nitrogens with two attached hydrogens (primary N) is 2. The van der Waals surface area contributed by atoms with E-state index in [1.165, 1.54) is 0 Å². The van der Waals surface area contributed by atoms with Gasteiger partial charge in [0, 0.05) is 11.5 Å². The molecule has 0 rings (SSSR count). The van der Waals surface area contributed by atoms with Gasteiger partial charge in [-0.3, -0.25) is 24.0 Å². The lowest BCUT2D eigenvalue weighted by molar-refractivity contribution is -0.144. The number of carboxylic acid groups (broad SMARTS) is 2. The minimum absolute atomic E-state index is 0.00672. The third-order valence-electron chi connectivity index (χ3n) is 3.38. The minimum Gasteiger partial charge on any atom is -0.481 e. The van der Waals surface area contributed by atoms with E-state index in [1.807, 2.05) is 5.32 Å². The number of carboxylic acids is 2. The average Bonchev–Trinajstić information content (AvgIpc) is 2.62. The van der Waals surface area contributed by atoms with Crippen molar-refractivity contribution in [3.8, 4) is 0 Å². The number of rotatable bonds is 13. The molecular weight excluding hydrogens is 430 g/mol. The van der Waals surface area contributed by atoms with E-state index in [-0.39, 0.29) is 11.5 Å². The molecule has 0 spiro atoms. The van der Waals surface area contributed by atoms with E-state index in [2.05, 4.69) is 35.9 Å². The summed E-state index contributed by atoms with van der Waals surface area (Å²) in [5, 5.41) is 24.3. The summed E-state index contributed by atoms with van der Waals surface area (Å²) in [7, 11) is 0. The Hall–Kier alpha value is -2.52. The average molecular weight is 453 g/mol. The molecule has 0 saturated carbocycles. The maximum Gasteiger partial charge on any atom is 0.326 e. The normalized spacial score (nSPS) is 14.6. The Kier molecular flexibility index (Phi) is 11.7. The zero-order valence-corrected chi connectivity index (χ0v) is 16.8. The molecule has 0 aliphatic rings. The van der Waals surface area contributed by atoms with E-state index in [9.17, 15) is 28.8 Å². The highest BCUT2D eigenvalue weighted by Crippen LogP contribution is 2.00. The molecule has 0 fully saturated rings. The van der Waals surface area contributed by atoms with Crippen molar-refractivity contribution in [1.29, 1.82) is 0 Å². The first-order valence-electron chi connectivity index (χ1n) is 8.04. The van der Waals surface area contributed by atoms with Gasteiger partial charge < -0.3 is 37.6 Å². The van der Waals surface area contributed by atoms with Gasteiger partial charge in [0.15, 0.2) is 0 Å². The number of nitrogens with one attached hydrogen (secondary N) is 3. The first-order chi connectivity index (χ1) is 13.4. The molecule has 29 heavy (non-hydrogen) atoms. The van der Waals surface area contributed by atoms with Gasteiger partial charge in [0.1, 0.15) is 18.1 Å². The van der Waals surface area contributed by atoms with Crippen LogP contribution in [0.25, 0.3) is 0 Å². The number of hydrogen-bond donors (Lipinski definition) is 9. The Morgan fingerprint density at radius 3 is 1.66 bits per heavy atom. The first kappa shape index (κ1) is 26.5. The van der Waals surface area contributed by atoms with E-state index in [4.69, 9.17) is 21.7 Å². The molecule has 0 radical (unpaired) electrons. The lowest BCUT2D eigenvalue weighted by atomic mass is 10.1. The van der Waals surface area contributed by atoms with Crippen LogP contribution in [0.5, 0.6) is 0 Å². The zero-order chi connectivity index (χ0) is 22.7. The maximum absolute atomic E-state index is 12.3. The molecule has 0 aromatic carbocycles. The summed E-state index contributed by atoms with van der Waals surface area (Å²) in [6.07, 6.45) is -1.64. The molecular formula is C14H23N5O8S2. The van der Waals surface area contributed by atoms with Crippen molar-refractivity contribution in [3.05, 3.63) is 0 Å². The van der Waals surface area contributed by atoms with Crippen molar-refractivity contribution in [2.24, 2.45) is 11.5 Å². The van der Waals surface area contributed by atoms with Gasteiger partial charge in [0.2, 0.25) is 23.6 Å². The fourth-order valence-corrected chi connectivity index (χ4v) is 2.31. The maximum atomic E-state index is 12.3. The third-order valence-corrected chi connectivity index (χ3v) is 4.14. The lowest BCUT2D eigenvalue weighted by Crippen LogP contribution is -2.58. The van der Waals surface area contributed by atoms with Gasteiger partial charge >= 0.3 is 11.9 Å². The Labute approximate surface area is 176 Å². The molecule has 0 heterocycles. The molecule has 0 saturated heterocycles. The molecule has 164 valence electrons. The topological polar surface area (TPSA) is 231 Å². The quantitative estimate of drug-likeness (QED) is 0.124. The highest BCUT2D eigenvalue weighted by Gasteiger charge is 2.31. The van der Waals surface area contributed by atoms with Crippen LogP contribution in [0.4, 0.5) is 0 Å². The number of amides is 4. The van der Waals surface area contributed by atoms with Crippen LogP contribution in [-0.2, 0) is 28.8 Å². The zero-order valence-electron chi connectivity index (χ0n) is 15.0. The summed E-state index contributed by atoms with van der Waals surface area (Å²) in [4.78, 5) is 69.4. The van der Waals surface area contributed by atoms with Crippen LogP contribution >= 0.6 is 25.3 Å². The van der Waals surface area contributed by atoms with Crippen molar-refractivity contribution in [3.63, 3.8) is 0 Å². The van der Waals surface area contributed by atoms with E-state index in [0.717, 1.165) is 0 Å². The number of hydrogen-bond acceptors (Lipinski definition) is 9. The fraction of sp³-hybridized carbons (Fsp3) is 0.571. The van der Waals surface area contributed by atoms with Crippen LogP contribution < -0.4 is 27.4 Å². The van der Waals surface area contributed by atoms with Gasteiger partial charge in [-0.25, -0.2) is 4.79 Å². The van der Waals surface area contributed by atoms with Crippen molar-refractivity contribution in [2.45, 2.75) is 37.0 Å². The summed E-state index contributed by atoms with van der Waals surface area (Å²) in [5.74, 6) is -7.15. The number of carbonyl (C=O) groups is 6. The van der Waals surface area contributed by atoms with Crippen molar-refractivity contribution < 1.29 is 39.0 Å². The highest BCUT2D eigenvalue weighted by molar-refractivity contribution is 7.80. The van der Waals surface area contributed by atoms with Crippen LogP contribution in [0.3, 0.4) is 0 Å². The van der Waals surface area contributed by atoms with Gasteiger partial charge in [-0.15, -0.1) is 0 Å². The molecule has 4 atom stereocenters. The third kappa shape index (κ3) is 10.00. The lowest BCUT2D eigenvalue weighted by Gasteiger charge is -2.23. The molecule has 0 aliphatic heterocycles. The van der Waals surface area contributed by atoms with Crippen molar-refractivity contribution in [1.82, 2.24) is 16.0 Å². The highest BCUT2D eigenvalue weighted by atomic mass is 32.1. The van der Waals surface area contributed by atoms with Gasteiger partial charge in [0.05, 0.1) is 18.9 Å². The predicted octanol–water partition coefficient (Wildman–Crippen LogP) is -3.94. The van der Waals surface area contributed by atoms with Crippen LogP contribution in [-0.4, -0.2) is 81.5 Å². The van der Waals surface area contributed by atoms with Gasteiger partial charge in [0.25, 0.3) is 0 Å². The van der Waals surface area contributed by atoms with E-state index >= 15 is 0 Å². The number of primary amides is 1. The molecule has 4 amide bonds. The van der Waals surface area contributed by atoms with Crippen LogP contribution in [0.2, 0.25) is 0 Å². The molecule has 13 nitrogen and oxygen atoms in total. The second-order valence-electron chi connectivity index (χ2n) is 5.76. The summed E-state index contributed by atoms with van der Waals surface area (Å²) < 4.78 is 0.